The summed E-state index contributed by atoms with van der Waals surface area (Å²) in [4.78, 5) is 17.9. The third kappa shape index (κ3) is 4.31. The van der Waals surface area contributed by atoms with E-state index in [1.807, 2.05) is 68.8 Å². The molecule has 1 aromatic carbocycles. The maximum absolute atomic E-state index is 12.7. The molecule has 0 aliphatic carbocycles. The third-order valence-electron chi connectivity index (χ3n) is 3.85. The van der Waals surface area contributed by atoms with Gasteiger partial charge in [-0.1, -0.05) is 12.1 Å². The Morgan fingerprint density at radius 2 is 2.04 bits per heavy atom. The summed E-state index contributed by atoms with van der Waals surface area (Å²) in [6.45, 7) is 7.84. The molecule has 0 fully saturated rings. The monoisotopic (exact) mass is 386 g/mol. The van der Waals surface area contributed by atoms with Gasteiger partial charge in [-0.2, -0.15) is 11.3 Å². The molecule has 0 bridgehead atoms. The Labute approximate surface area is 161 Å². The molecule has 26 heavy (non-hydrogen) atoms. The zero-order valence-corrected chi connectivity index (χ0v) is 16.9. The lowest BCUT2D eigenvalue weighted by Gasteiger charge is -2.16. The van der Waals surface area contributed by atoms with Crippen molar-refractivity contribution in [1.29, 1.82) is 0 Å². The maximum Gasteiger partial charge on any atom is 0.263 e. The number of ether oxygens (including phenoxy) is 1. The van der Waals surface area contributed by atoms with Crippen molar-refractivity contribution in [2.24, 2.45) is 0 Å². The van der Waals surface area contributed by atoms with Crippen LogP contribution >= 0.6 is 22.7 Å². The fraction of sp³-hybridized carbons (Fsp3) is 0.300. The van der Waals surface area contributed by atoms with Crippen molar-refractivity contribution < 1.29 is 9.53 Å². The zero-order valence-electron chi connectivity index (χ0n) is 15.3. The van der Waals surface area contributed by atoms with Crippen molar-refractivity contribution in [1.82, 2.24) is 10.3 Å². The van der Waals surface area contributed by atoms with E-state index in [0.29, 0.717) is 4.88 Å². The Kier molecular flexibility index (Phi) is 5.74. The van der Waals surface area contributed by atoms with Gasteiger partial charge in [-0.15, -0.1) is 11.3 Å². The summed E-state index contributed by atoms with van der Waals surface area (Å²) < 4.78 is 5.74. The Morgan fingerprint density at radius 3 is 2.73 bits per heavy atom. The fourth-order valence-electron chi connectivity index (χ4n) is 2.59. The van der Waals surface area contributed by atoms with Gasteiger partial charge in [-0.05, 0) is 56.8 Å². The molecule has 0 saturated carbocycles. The van der Waals surface area contributed by atoms with E-state index in [1.54, 1.807) is 11.3 Å². The van der Waals surface area contributed by atoms with Crippen LogP contribution in [0.2, 0.25) is 0 Å². The molecule has 1 amide bonds. The topological polar surface area (TPSA) is 51.2 Å². The lowest BCUT2D eigenvalue weighted by molar-refractivity contribution is 0.0943. The SMILES string of the molecule is Cc1nc(-c2ccsc2)sc1C(=O)NC(C)c1cccc(OC(C)C)c1. The van der Waals surface area contributed by atoms with E-state index in [-0.39, 0.29) is 18.1 Å². The van der Waals surface area contributed by atoms with Crippen LogP contribution < -0.4 is 10.1 Å². The van der Waals surface area contributed by atoms with E-state index in [2.05, 4.69) is 10.3 Å². The number of carbonyl (C=O) groups excluding carboxylic acids is 1. The van der Waals surface area contributed by atoms with Gasteiger partial charge in [0.25, 0.3) is 5.91 Å². The molecule has 136 valence electrons. The highest BCUT2D eigenvalue weighted by Gasteiger charge is 2.19. The molecule has 0 spiro atoms. The predicted molar refractivity (Wildman–Crippen MR) is 108 cm³/mol. The van der Waals surface area contributed by atoms with Crippen LogP contribution in [0.15, 0.2) is 41.1 Å². The molecule has 0 aliphatic rings. The number of carbonyl (C=O) groups is 1. The van der Waals surface area contributed by atoms with E-state index in [4.69, 9.17) is 4.74 Å². The minimum atomic E-state index is -0.121. The molecule has 2 heterocycles. The average Bonchev–Trinajstić information content (AvgIpc) is 3.23. The normalized spacial score (nSPS) is 12.2. The van der Waals surface area contributed by atoms with Gasteiger partial charge in [0.05, 0.1) is 17.8 Å². The van der Waals surface area contributed by atoms with Crippen LogP contribution in [0.1, 0.15) is 47.7 Å². The number of aromatic nitrogens is 1. The van der Waals surface area contributed by atoms with Gasteiger partial charge in [0.2, 0.25) is 0 Å². The minimum absolute atomic E-state index is 0.0934. The first-order valence-electron chi connectivity index (χ1n) is 8.51. The molecule has 0 saturated heterocycles. The van der Waals surface area contributed by atoms with Gasteiger partial charge in [-0.25, -0.2) is 4.98 Å². The van der Waals surface area contributed by atoms with E-state index < -0.39 is 0 Å². The van der Waals surface area contributed by atoms with Gasteiger partial charge >= 0.3 is 0 Å². The van der Waals surface area contributed by atoms with E-state index >= 15 is 0 Å². The number of nitrogens with zero attached hydrogens (tertiary/aromatic N) is 1. The second-order valence-corrected chi connectivity index (χ2v) is 8.16. The lowest BCUT2D eigenvalue weighted by atomic mass is 10.1. The first-order valence-corrected chi connectivity index (χ1v) is 10.3. The smallest absolute Gasteiger partial charge is 0.263 e. The highest BCUT2D eigenvalue weighted by atomic mass is 32.1. The maximum atomic E-state index is 12.7. The predicted octanol–water partition coefficient (Wildman–Crippen LogP) is 5.46. The van der Waals surface area contributed by atoms with E-state index in [9.17, 15) is 4.79 Å². The Hall–Kier alpha value is -2.18. The number of hydrogen-bond acceptors (Lipinski definition) is 5. The third-order valence-corrected chi connectivity index (χ3v) is 5.74. The highest BCUT2D eigenvalue weighted by molar-refractivity contribution is 7.17. The quantitative estimate of drug-likeness (QED) is 0.612. The molecule has 6 heteroatoms. The number of amides is 1. The van der Waals surface area contributed by atoms with Crippen molar-refractivity contribution in [2.45, 2.75) is 39.8 Å². The second-order valence-electron chi connectivity index (χ2n) is 6.38. The van der Waals surface area contributed by atoms with Gasteiger partial charge in [-0.3, -0.25) is 4.79 Å². The first kappa shape index (κ1) is 18.6. The number of thiazole rings is 1. The molecule has 3 aromatic rings. The summed E-state index contributed by atoms with van der Waals surface area (Å²) in [6, 6.07) is 9.74. The van der Waals surface area contributed by atoms with Gasteiger partial charge in [0, 0.05) is 10.9 Å². The van der Waals surface area contributed by atoms with Crippen molar-refractivity contribution in [3.05, 3.63) is 57.2 Å². The first-order chi connectivity index (χ1) is 12.4. The molecule has 0 aliphatic heterocycles. The van der Waals surface area contributed by atoms with Crippen LogP contribution in [0.5, 0.6) is 5.75 Å². The van der Waals surface area contributed by atoms with Crippen LogP contribution in [-0.4, -0.2) is 17.0 Å². The van der Waals surface area contributed by atoms with Crippen molar-refractivity contribution in [2.75, 3.05) is 0 Å². The van der Waals surface area contributed by atoms with Crippen LogP contribution in [0.3, 0.4) is 0 Å². The van der Waals surface area contributed by atoms with Gasteiger partial charge in [0.15, 0.2) is 0 Å². The molecule has 1 atom stereocenters. The number of nitrogens with one attached hydrogen (secondary N) is 1. The van der Waals surface area contributed by atoms with Crippen LogP contribution in [-0.2, 0) is 0 Å². The number of hydrogen-bond donors (Lipinski definition) is 1. The molecular formula is C20H22N2O2S2. The van der Waals surface area contributed by atoms with Gasteiger partial charge in [0.1, 0.15) is 15.6 Å². The summed E-state index contributed by atoms with van der Waals surface area (Å²) in [5.74, 6) is 0.719. The molecule has 1 unspecified atom stereocenters. The summed E-state index contributed by atoms with van der Waals surface area (Å²) in [7, 11) is 0. The van der Waals surface area contributed by atoms with E-state index in [1.165, 1.54) is 11.3 Å². The molecule has 0 radical (unpaired) electrons. The molecular weight excluding hydrogens is 364 g/mol. The summed E-state index contributed by atoms with van der Waals surface area (Å²) in [6.07, 6.45) is 0.116. The average molecular weight is 387 g/mol. The lowest BCUT2D eigenvalue weighted by Crippen LogP contribution is -2.26. The Bertz CT molecular complexity index is 885. The van der Waals surface area contributed by atoms with Crippen LogP contribution in [0.25, 0.3) is 10.6 Å². The molecule has 2 aromatic heterocycles. The van der Waals surface area contributed by atoms with Crippen molar-refractivity contribution in [3.63, 3.8) is 0 Å². The van der Waals surface area contributed by atoms with Gasteiger partial charge < -0.3 is 10.1 Å². The molecule has 3 rings (SSSR count). The number of thiophene rings is 1. The minimum Gasteiger partial charge on any atom is -0.491 e. The molecule has 1 N–H and O–H groups in total. The fourth-order valence-corrected chi connectivity index (χ4v) is 4.27. The zero-order chi connectivity index (χ0) is 18.7. The Morgan fingerprint density at radius 1 is 1.23 bits per heavy atom. The standard InChI is InChI=1S/C20H22N2O2S2/c1-12(2)24-17-7-5-6-15(10-17)13(3)21-19(23)18-14(4)22-20(26-18)16-8-9-25-11-16/h5-13H,1-4H3,(H,21,23). The van der Waals surface area contributed by atoms with Crippen LogP contribution in [0.4, 0.5) is 0 Å². The van der Waals surface area contributed by atoms with Crippen LogP contribution in [0, 0.1) is 6.92 Å². The largest absolute Gasteiger partial charge is 0.491 e. The molecule has 4 nitrogen and oxygen atoms in total. The highest BCUT2D eigenvalue weighted by Crippen LogP contribution is 2.30. The van der Waals surface area contributed by atoms with Crippen molar-refractivity contribution >= 4 is 28.6 Å². The van der Waals surface area contributed by atoms with E-state index in [0.717, 1.165) is 27.6 Å². The summed E-state index contributed by atoms with van der Waals surface area (Å²) in [5.41, 5.74) is 2.84. The number of rotatable bonds is 6. The Balaban J connectivity index is 1.74. The van der Waals surface area contributed by atoms with Crippen molar-refractivity contribution in [3.8, 4) is 16.3 Å². The summed E-state index contributed by atoms with van der Waals surface area (Å²) >= 11 is 3.06. The summed E-state index contributed by atoms with van der Waals surface area (Å²) in [5, 5.41) is 8.01. The number of benzene rings is 1. The second kappa shape index (κ2) is 8.01. The number of aryl methyl sites for hydroxylation is 1.